The fourth-order valence-electron chi connectivity index (χ4n) is 2.71. The summed E-state index contributed by atoms with van der Waals surface area (Å²) in [5.41, 5.74) is 0.610. The lowest BCUT2D eigenvalue weighted by atomic mass is 10.1. The zero-order chi connectivity index (χ0) is 17.8. The molecule has 1 aromatic carbocycles. The Morgan fingerprint density at radius 3 is 2.64 bits per heavy atom. The van der Waals surface area contributed by atoms with E-state index in [0.29, 0.717) is 18.8 Å². The minimum atomic E-state index is -0.686. The van der Waals surface area contributed by atoms with E-state index in [-0.39, 0.29) is 11.5 Å². The van der Waals surface area contributed by atoms with E-state index in [1.807, 2.05) is 0 Å². The van der Waals surface area contributed by atoms with Crippen molar-refractivity contribution in [3.63, 3.8) is 0 Å². The first-order valence-electron chi connectivity index (χ1n) is 8.09. The fourth-order valence-corrected chi connectivity index (χ4v) is 2.71. The second kappa shape index (κ2) is 7.57. The molecule has 1 aliphatic rings. The van der Waals surface area contributed by atoms with Gasteiger partial charge in [0.25, 0.3) is 5.91 Å². The van der Waals surface area contributed by atoms with Gasteiger partial charge in [-0.05, 0) is 25.1 Å². The topological polar surface area (TPSA) is 54.5 Å². The van der Waals surface area contributed by atoms with E-state index in [0.717, 1.165) is 25.0 Å². The molecule has 0 saturated carbocycles. The first kappa shape index (κ1) is 17.3. The Hall–Kier alpha value is -2.54. The maximum Gasteiger partial charge on any atom is 0.253 e. The molecule has 3 rings (SSSR count). The number of carbonyl (C=O) groups is 1. The molecule has 0 bridgehead atoms. The Bertz CT molecular complexity index is 746. The Morgan fingerprint density at radius 1 is 1.24 bits per heavy atom. The lowest BCUT2D eigenvalue weighted by molar-refractivity contribution is 0.0939. The van der Waals surface area contributed by atoms with Gasteiger partial charge >= 0.3 is 0 Å². The highest BCUT2D eigenvalue weighted by molar-refractivity contribution is 5.94. The van der Waals surface area contributed by atoms with Crippen LogP contribution in [-0.4, -0.2) is 37.2 Å². The minimum absolute atomic E-state index is 0.229. The molecule has 1 aromatic heterocycles. The lowest BCUT2D eigenvalue weighted by Gasteiger charge is -2.27. The van der Waals surface area contributed by atoms with Crippen molar-refractivity contribution in [2.75, 3.05) is 31.2 Å². The normalized spacial score (nSPS) is 15.7. The van der Waals surface area contributed by atoms with Crippen LogP contribution in [0.4, 0.5) is 14.6 Å². The van der Waals surface area contributed by atoms with Crippen molar-refractivity contribution in [2.24, 2.45) is 0 Å². The molecule has 0 radical (unpaired) electrons. The van der Waals surface area contributed by atoms with Crippen LogP contribution in [0.1, 0.15) is 28.9 Å². The summed E-state index contributed by atoms with van der Waals surface area (Å²) in [6.07, 6.45) is 1.49. The first-order valence-corrected chi connectivity index (χ1v) is 8.09. The Balaban J connectivity index is 1.66. The van der Waals surface area contributed by atoms with Crippen molar-refractivity contribution in [1.82, 2.24) is 10.3 Å². The Morgan fingerprint density at radius 2 is 2.00 bits per heavy atom. The maximum atomic E-state index is 13.8. The number of amides is 1. The molecule has 2 aromatic rings. The second-order valence-electron chi connectivity index (χ2n) is 5.87. The number of rotatable bonds is 4. The predicted molar refractivity (Wildman–Crippen MR) is 89.5 cm³/mol. The lowest BCUT2D eigenvalue weighted by Crippen LogP contribution is -2.36. The summed E-state index contributed by atoms with van der Waals surface area (Å²) in [4.78, 5) is 18.7. The van der Waals surface area contributed by atoms with Crippen molar-refractivity contribution in [3.8, 4) is 0 Å². The monoisotopic (exact) mass is 347 g/mol. The number of pyridine rings is 1. The van der Waals surface area contributed by atoms with Gasteiger partial charge in [0.05, 0.1) is 24.8 Å². The third-order valence-electron chi connectivity index (χ3n) is 4.12. The smallest absolute Gasteiger partial charge is 0.253 e. The average Bonchev–Trinajstić information content (AvgIpc) is 2.62. The number of halogens is 2. The van der Waals surface area contributed by atoms with E-state index in [9.17, 15) is 13.6 Å². The molecule has 5 nitrogen and oxygen atoms in total. The maximum absolute atomic E-state index is 13.8. The van der Waals surface area contributed by atoms with Gasteiger partial charge < -0.3 is 15.0 Å². The minimum Gasteiger partial charge on any atom is -0.378 e. The van der Waals surface area contributed by atoms with Crippen LogP contribution in [-0.2, 0) is 4.74 Å². The summed E-state index contributed by atoms with van der Waals surface area (Å²) in [6.45, 7) is 4.48. The van der Waals surface area contributed by atoms with Crippen LogP contribution in [0.25, 0.3) is 0 Å². The molecule has 1 atom stereocenters. The Kier molecular flexibility index (Phi) is 5.23. The van der Waals surface area contributed by atoms with Crippen LogP contribution in [0, 0.1) is 11.6 Å². The summed E-state index contributed by atoms with van der Waals surface area (Å²) in [5, 5.41) is 2.70. The number of anilines is 1. The molecule has 0 unspecified atom stereocenters. The molecule has 1 aliphatic heterocycles. The molecule has 1 saturated heterocycles. The van der Waals surface area contributed by atoms with E-state index in [2.05, 4.69) is 15.2 Å². The SMILES string of the molecule is C[C@H](NC(=O)c1ccc(N2CCOCC2)nc1)c1ccc(F)cc1F. The van der Waals surface area contributed by atoms with Gasteiger partial charge in [0, 0.05) is 30.9 Å². The number of hydrogen-bond acceptors (Lipinski definition) is 4. The van der Waals surface area contributed by atoms with Gasteiger partial charge in [-0.2, -0.15) is 0 Å². The molecule has 1 N–H and O–H groups in total. The van der Waals surface area contributed by atoms with Gasteiger partial charge in [0.1, 0.15) is 17.5 Å². The molecule has 0 aliphatic carbocycles. The molecule has 1 fully saturated rings. The third-order valence-corrected chi connectivity index (χ3v) is 4.12. The summed E-state index contributed by atoms with van der Waals surface area (Å²) in [7, 11) is 0. The van der Waals surface area contributed by atoms with Gasteiger partial charge in [-0.25, -0.2) is 13.8 Å². The molecule has 132 valence electrons. The van der Waals surface area contributed by atoms with Crippen LogP contribution in [0.3, 0.4) is 0 Å². The number of carbonyl (C=O) groups excluding carboxylic acids is 1. The van der Waals surface area contributed by atoms with Crippen molar-refractivity contribution >= 4 is 11.7 Å². The number of ether oxygens (including phenoxy) is 1. The van der Waals surface area contributed by atoms with Crippen LogP contribution >= 0.6 is 0 Å². The molecular formula is C18H19F2N3O2. The van der Waals surface area contributed by atoms with Crippen LogP contribution in [0.5, 0.6) is 0 Å². The molecule has 0 spiro atoms. The number of aromatic nitrogens is 1. The van der Waals surface area contributed by atoms with E-state index in [1.54, 1.807) is 19.1 Å². The zero-order valence-corrected chi connectivity index (χ0v) is 13.8. The number of nitrogens with zero attached hydrogens (tertiary/aromatic N) is 2. The highest BCUT2D eigenvalue weighted by Gasteiger charge is 2.17. The highest BCUT2D eigenvalue weighted by atomic mass is 19.1. The zero-order valence-electron chi connectivity index (χ0n) is 13.8. The van der Waals surface area contributed by atoms with Crippen molar-refractivity contribution in [1.29, 1.82) is 0 Å². The van der Waals surface area contributed by atoms with Gasteiger partial charge in [-0.3, -0.25) is 4.79 Å². The summed E-state index contributed by atoms with van der Waals surface area (Å²) in [6, 6.07) is 6.17. The average molecular weight is 347 g/mol. The summed E-state index contributed by atoms with van der Waals surface area (Å²) < 4.78 is 32.1. The molecule has 2 heterocycles. The van der Waals surface area contributed by atoms with E-state index >= 15 is 0 Å². The molecule has 1 amide bonds. The summed E-state index contributed by atoms with van der Waals surface area (Å²) >= 11 is 0. The van der Waals surface area contributed by atoms with Gasteiger partial charge in [0.2, 0.25) is 0 Å². The second-order valence-corrected chi connectivity index (χ2v) is 5.87. The van der Waals surface area contributed by atoms with E-state index in [1.165, 1.54) is 18.3 Å². The van der Waals surface area contributed by atoms with Gasteiger partial charge in [-0.15, -0.1) is 0 Å². The number of morpholine rings is 1. The standard InChI is InChI=1S/C18H19F2N3O2/c1-12(15-4-3-14(19)10-16(15)20)22-18(24)13-2-5-17(21-11-13)23-6-8-25-9-7-23/h2-5,10-12H,6-9H2,1H3,(H,22,24)/t12-/m0/s1. The fraction of sp³-hybridized carbons (Fsp3) is 0.333. The van der Waals surface area contributed by atoms with E-state index < -0.39 is 17.7 Å². The molecule has 7 heteroatoms. The quantitative estimate of drug-likeness (QED) is 0.924. The first-order chi connectivity index (χ1) is 12.0. The van der Waals surface area contributed by atoms with Crippen molar-refractivity contribution < 1.29 is 18.3 Å². The van der Waals surface area contributed by atoms with Crippen LogP contribution < -0.4 is 10.2 Å². The number of benzene rings is 1. The number of nitrogens with one attached hydrogen (secondary N) is 1. The van der Waals surface area contributed by atoms with Crippen LogP contribution in [0.2, 0.25) is 0 Å². The van der Waals surface area contributed by atoms with E-state index in [4.69, 9.17) is 4.74 Å². The number of hydrogen-bond donors (Lipinski definition) is 1. The largest absolute Gasteiger partial charge is 0.378 e. The predicted octanol–water partition coefficient (Wildman–Crippen LogP) is 2.69. The van der Waals surface area contributed by atoms with Crippen LogP contribution in [0.15, 0.2) is 36.5 Å². The molecular weight excluding hydrogens is 328 g/mol. The Labute approximate surface area is 144 Å². The van der Waals surface area contributed by atoms with Crippen molar-refractivity contribution in [2.45, 2.75) is 13.0 Å². The molecule has 25 heavy (non-hydrogen) atoms. The summed E-state index contributed by atoms with van der Waals surface area (Å²) in [5.74, 6) is -0.911. The van der Waals surface area contributed by atoms with Crippen molar-refractivity contribution in [3.05, 3.63) is 59.3 Å². The van der Waals surface area contributed by atoms with Gasteiger partial charge in [0.15, 0.2) is 0 Å². The third kappa shape index (κ3) is 4.11. The highest BCUT2D eigenvalue weighted by Crippen LogP contribution is 2.19. The van der Waals surface area contributed by atoms with Gasteiger partial charge in [-0.1, -0.05) is 6.07 Å².